The Morgan fingerprint density at radius 1 is 1.17 bits per heavy atom. The van der Waals surface area contributed by atoms with Crippen LogP contribution in [0.25, 0.3) is 0 Å². The maximum Gasteiger partial charge on any atom is 0.245 e. The molecule has 1 aromatic carbocycles. The molecule has 2 heterocycles. The number of aryl methyl sites for hydroxylation is 1. The topological polar surface area (TPSA) is 71.3 Å². The van der Waals surface area contributed by atoms with Gasteiger partial charge in [0.05, 0.1) is 6.54 Å². The number of amides is 2. The van der Waals surface area contributed by atoms with E-state index in [1.807, 2.05) is 37.4 Å². The Hall–Kier alpha value is -2.70. The van der Waals surface area contributed by atoms with Crippen LogP contribution in [0.4, 0.5) is 0 Å². The van der Waals surface area contributed by atoms with Gasteiger partial charge in [0.2, 0.25) is 11.8 Å². The molecule has 0 spiro atoms. The fourth-order valence-corrected chi connectivity index (χ4v) is 2.71. The van der Waals surface area contributed by atoms with Gasteiger partial charge in [-0.05, 0) is 12.5 Å². The minimum Gasteiger partial charge on any atom is -0.327 e. The summed E-state index contributed by atoms with van der Waals surface area (Å²) in [6.07, 6.45) is 1.58. The van der Waals surface area contributed by atoms with Crippen LogP contribution in [0, 0.1) is 0 Å². The van der Waals surface area contributed by atoms with Crippen molar-refractivity contribution in [2.75, 3.05) is 6.54 Å². The standard InChI is InChI=1S/C16H19N5O2/c1-12-16(23)20(8-13-6-4-3-5-7-13)10-15(22)21(12)9-14-18-17-11-19(14)2/h3-7,11-12H,8-10H2,1-2H3/t12-/m0/s1. The normalized spacial score (nSPS) is 18.6. The number of piperazine rings is 1. The molecule has 1 aliphatic rings. The first-order valence-electron chi connectivity index (χ1n) is 7.51. The first kappa shape index (κ1) is 15.2. The maximum atomic E-state index is 12.6. The van der Waals surface area contributed by atoms with Gasteiger partial charge in [-0.2, -0.15) is 0 Å². The van der Waals surface area contributed by atoms with Crippen LogP contribution in [0.3, 0.4) is 0 Å². The Balaban J connectivity index is 1.73. The van der Waals surface area contributed by atoms with Gasteiger partial charge >= 0.3 is 0 Å². The Labute approximate surface area is 134 Å². The molecule has 120 valence electrons. The predicted molar refractivity (Wildman–Crippen MR) is 82.9 cm³/mol. The molecule has 0 radical (unpaired) electrons. The van der Waals surface area contributed by atoms with E-state index in [9.17, 15) is 9.59 Å². The Morgan fingerprint density at radius 3 is 2.57 bits per heavy atom. The molecular formula is C16H19N5O2. The molecule has 1 atom stereocenters. The second-order valence-corrected chi connectivity index (χ2v) is 5.74. The van der Waals surface area contributed by atoms with Gasteiger partial charge in [0, 0.05) is 13.6 Å². The van der Waals surface area contributed by atoms with Gasteiger partial charge in [-0.25, -0.2) is 0 Å². The van der Waals surface area contributed by atoms with Crippen LogP contribution in [0.2, 0.25) is 0 Å². The zero-order valence-electron chi connectivity index (χ0n) is 13.2. The molecule has 0 N–H and O–H groups in total. The number of nitrogens with zero attached hydrogens (tertiary/aromatic N) is 5. The summed E-state index contributed by atoms with van der Waals surface area (Å²) >= 11 is 0. The lowest BCUT2D eigenvalue weighted by Crippen LogP contribution is -2.58. The highest BCUT2D eigenvalue weighted by atomic mass is 16.2. The van der Waals surface area contributed by atoms with E-state index in [2.05, 4.69) is 10.2 Å². The zero-order chi connectivity index (χ0) is 16.4. The molecule has 23 heavy (non-hydrogen) atoms. The predicted octanol–water partition coefficient (Wildman–Crippen LogP) is 0.575. The summed E-state index contributed by atoms with van der Waals surface area (Å²) in [6.45, 7) is 2.60. The third-order valence-electron chi connectivity index (χ3n) is 4.12. The molecule has 0 saturated carbocycles. The second-order valence-electron chi connectivity index (χ2n) is 5.74. The van der Waals surface area contributed by atoms with E-state index in [-0.39, 0.29) is 18.4 Å². The van der Waals surface area contributed by atoms with Gasteiger partial charge in [-0.15, -0.1) is 10.2 Å². The molecule has 0 aliphatic carbocycles. The van der Waals surface area contributed by atoms with Crippen molar-refractivity contribution >= 4 is 11.8 Å². The molecule has 2 amide bonds. The largest absolute Gasteiger partial charge is 0.327 e. The minimum atomic E-state index is -0.503. The average molecular weight is 313 g/mol. The van der Waals surface area contributed by atoms with Crippen molar-refractivity contribution < 1.29 is 9.59 Å². The lowest BCUT2D eigenvalue weighted by molar-refractivity contribution is -0.156. The SMILES string of the molecule is C[C@H]1C(=O)N(Cc2ccccc2)CC(=O)N1Cc1nncn1C. The van der Waals surface area contributed by atoms with E-state index < -0.39 is 6.04 Å². The molecule has 1 fully saturated rings. The second kappa shape index (κ2) is 6.20. The summed E-state index contributed by atoms with van der Waals surface area (Å²) in [5.41, 5.74) is 1.02. The Kier molecular flexibility index (Phi) is 4.10. The third-order valence-corrected chi connectivity index (χ3v) is 4.12. The average Bonchev–Trinajstić information content (AvgIpc) is 2.95. The molecule has 0 unspecified atom stereocenters. The van der Waals surface area contributed by atoms with E-state index in [0.717, 1.165) is 5.56 Å². The molecule has 1 saturated heterocycles. The van der Waals surface area contributed by atoms with E-state index in [1.54, 1.807) is 27.6 Å². The number of carbonyl (C=O) groups excluding carboxylic acids is 2. The van der Waals surface area contributed by atoms with Crippen molar-refractivity contribution in [2.45, 2.75) is 26.1 Å². The quantitative estimate of drug-likeness (QED) is 0.827. The maximum absolute atomic E-state index is 12.6. The zero-order valence-corrected chi connectivity index (χ0v) is 13.2. The summed E-state index contributed by atoms with van der Waals surface area (Å²) < 4.78 is 1.75. The highest BCUT2D eigenvalue weighted by Gasteiger charge is 2.36. The summed E-state index contributed by atoms with van der Waals surface area (Å²) in [4.78, 5) is 28.2. The van der Waals surface area contributed by atoms with Crippen LogP contribution >= 0.6 is 0 Å². The van der Waals surface area contributed by atoms with Crippen molar-refractivity contribution in [3.63, 3.8) is 0 Å². The molecule has 7 nitrogen and oxygen atoms in total. The first-order chi connectivity index (χ1) is 11.1. The van der Waals surface area contributed by atoms with Crippen LogP contribution in [0.1, 0.15) is 18.3 Å². The monoisotopic (exact) mass is 313 g/mol. The third kappa shape index (κ3) is 3.08. The summed E-state index contributed by atoms with van der Waals surface area (Å²) in [6, 6.07) is 9.18. The molecule has 7 heteroatoms. The molecule has 2 aromatic rings. The van der Waals surface area contributed by atoms with E-state index in [1.165, 1.54) is 0 Å². The van der Waals surface area contributed by atoms with E-state index in [4.69, 9.17) is 0 Å². The lowest BCUT2D eigenvalue weighted by atomic mass is 10.1. The number of aromatic nitrogens is 3. The van der Waals surface area contributed by atoms with E-state index >= 15 is 0 Å². The van der Waals surface area contributed by atoms with Crippen molar-refractivity contribution in [1.29, 1.82) is 0 Å². The fraction of sp³-hybridized carbons (Fsp3) is 0.375. The number of hydrogen-bond donors (Lipinski definition) is 0. The molecule has 1 aliphatic heterocycles. The van der Waals surface area contributed by atoms with Crippen LogP contribution in [-0.4, -0.2) is 49.0 Å². The number of hydrogen-bond acceptors (Lipinski definition) is 4. The van der Waals surface area contributed by atoms with Gasteiger partial charge in [-0.3, -0.25) is 9.59 Å². The Bertz CT molecular complexity index is 712. The Morgan fingerprint density at radius 2 is 1.91 bits per heavy atom. The van der Waals surface area contributed by atoms with Crippen molar-refractivity contribution in [3.8, 4) is 0 Å². The van der Waals surface area contributed by atoms with Gasteiger partial charge in [0.25, 0.3) is 0 Å². The lowest BCUT2D eigenvalue weighted by Gasteiger charge is -2.38. The van der Waals surface area contributed by atoms with Crippen molar-refractivity contribution in [1.82, 2.24) is 24.6 Å². The van der Waals surface area contributed by atoms with Crippen LogP contribution < -0.4 is 0 Å². The van der Waals surface area contributed by atoms with Crippen LogP contribution in [-0.2, 0) is 29.7 Å². The van der Waals surface area contributed by atoms with Crippen molar-refractivity contribution in [2.24, 2.45) is 7.05 Å². The van der Waals surface area contributed by atoms with E-state index in [0.29, 0.717) is 18.9 Å². The molecule has 1 aromatic heterocycles. The van der Waals surface area contributed by atoms with Gasteiger partial charge < -0.3 is 14.4 Å². The highest BCUT2D eigenvalue weighted by molar-refractivity contribution is 5.94. The fourth-order valence-electron chi connectivity index (χ4n) is 2.71. The van der Waals surface area contributed by atoms with Gasteiger partial charge in [-0.1, -0.05) is 30.3 Å². The van der Waals surface area contributed by atoms with Crippen LogP contribution in [0.15, 0.2) is 36.7 Å². The molecule has 0 bridgehead atoms. The number of benzene rings is 1. The molecule has 3 rings (SSSR count). The van der Waals surface area contributed by atoms with Crippen LogP contribution in [0.5, 0.6) is 0 Å². The van der Waals surface area contributed by atoms with Gasteiger partial charge in [0.1, 0.15) is 18.9 Å². The smallest absolute Gasteiger partial charge is 0.245 e. The summed E-state index contributed by atoms with van der Waals surface area (Å²) in [5.74, 6) is 0.543. The minimum absolute atomic E-state index is 0.0457. The molecular weight excluding hydrogens is 294 g/mol. The summed E-state index contributed by atoms with van der Waals surface area (Å²) in [5, 5.41) is 7.79. The first-order valence-corrected chi connectivity index (χ1v) is 7.51. The summed E-state index contributed by atoms with van der Waals surface area (Å²) in [7, 11) is 1.82. The number of carbonyl (C=O) groups is 2. The van der Waals surface area contributed by atoms with Gasteiger partial charge in [0.15, 0.2) is 5.82 Å². The highest BCUT2D eigenvalue weighted by Crippen LogP contribution is 2.17. The van der Waals surface area contributed by atoms with Crippen molar-refractivity contribution in [3.05, 3.63) is 48.0 Å². The number of rotatable bonds is 4.